The molecule has 0 spiro atoms. The molecule has 1 aromatic rings. The number of pyridine rings is 1. The van der Waals surface area contributed by atoms with Gasteiger partial charge in [-0.15, -0.1) is 0 Å². The smallest absolute Gasteiger partial charge is 0.244 e. The average molecular weight is 191 g/mol. The summed E-state index contributed by atoms with van der Waals surface area (Å²) in [6.07, 6.45) is 6.25. The first-order valence-electron chi connectivity index (χ1n) is 4.71. The van der Waals surface area contributed by atoms with Gasteiger partial charge in [-0.05, 0) is 24.5 Å². The number of carbonyl (C=O) groups excluding carboxylic acids is 1. The van der Waals surface area contributed by atoms with Crippen molar-refractivity contribution >= 4 is 5.91 Å². The van der Waals surface area contributed by atoms with Crippen LogP contribution in [0.3, 0.4) is 0 Å². The molecular weight excluding hydrogens is 178 g/mol. The average Bonchev–Trinajstić information content (AvgIpc) is 2.17. The van der Waals surface area contributed by atoms with Crippen LogP contribution in [0.1, 0.15) is 24.8 Å². The van der Waals surface area contributed by atoms with Gasteiger partial charge >= 0.3 is 0 Å². The molecule has 1 aliphatic carbocycles. The fourth-order valence-electron chi connectivity index (χ4n) is 1.96. The third-order valence-corrected chi connectivity index (χ3v) is 2.99. The van der Waals surface area contributed by atoms with E-state index in [0.29, 0.717) is 0 Å². The van der Waals surface area contributed by atoms with Crippen LogP contribution in [0.2, 0.25) is 0 Å². The number of nitrogens with one attached hydrogen (secondary N) is 1. The van der Waals surface area contributed by atoms with E-state index in [1.807, 2.05) is 12.1 Å². The Labute approximate surface area is 82.5 Å². The molecule has 1 amide bonds. The monoisotopic (exact) mass is 191 g/mol. The Morgan fingerprint density at radius 3 is 2.79 bits per heavy atom. The zero-order chi connectivity index (χ0) is 10.0. The zero-order valence-electron chi connectivity index (χ0n) is 7.86. The molecule has 2 rings (SSSR count). The lowest BCUT2D eigenvalue weighted by molar-refractivity contribution is -0.130. The van der Waals surface area contributed by atoms with Crippen LogP contribution in [0.25, 0.3) is 0 Å². The van der Waals surface area contributed by atoms with Crippen molar-refractivity contribution < 1.29 is 4.79 Å². The van der Waals surface area contributed by atoms with E-state index in [0.717, 1.165) is 24.8 Å². The van der Waals surface area contributed by atoms with Crippen molar-refractivity contribution in [2.45, 2.75) is 24.7 Å². The van der Waals surface area contributed by atoms with Crippen molar-refractivity contribution in [3.05, 3.63) is 30.1 Å². The Balaban J connectivity index is 2.34. The predicted octanol–water partition coefficient (Wildman–Crippen LogP) is 0.493. The summed E-state index contributed by atoms with van der Waals surface area (Å²) in [6, 6.07) is 3.78. The summed E-state index contributed by atoms with van der Waals surface area (Å²) in [5.41, 5.74) is 2.79. The third kappa shape index (κ3) is 1.19. The first kappa shape index (κ1) is 9.15. The molecule has 0 bridgehead atoms. The minimum atomic E-state index is -0.414. The van der Waals surface area contributed by atoms with E-state index in [-0.39, 0.29) is 5.91 Å². The molecule has 0 aliphatic heterocycles. The van der Waals surface area contributed by atoms with Crippen LogP contribution in [-0.2, 0) is 10.2 Å². The Morgan fingerprint density at radius 2 is 2.36 bits per heavy atom. The van der Waals surface area contributed by atoms with Gasteiger partial charge in [0.25, 0.3) is 0 Å². The maximum atomic E-state index is 11.7. The Kier molecular flexibility index (Phi) is 2.21. The number of nitrogens with zero attached hydrogens (tertiary/aromatic N) is 1. The molecule has 4 heteroatoms. The van der Waals surface area contributed by atoms with Gasteiger partial charge in [0.05, 0.1) is 5.41 Å². The fraction of sp³-hybridized carbons (Fsp3) is 0.400. The molecule has 1 aliphatic rings. The number of hydrogen-bond donors (Lipinski definition) is 2. The second-order valence-corrected chi connectivity index (χ2v) is 3.65. The lowest BCUT2D eigenvalue weighted by Gasteiger charge is -2.39. The van der Waals surface area contributed by atoms with Gasteiger partial charge in [0, 0.05) is 12.4 Å². The Morgan fingerprint density at radius 1 is 1.57 bits per heavy atom. The van der Waals surface area contributed by atoms with Gasteiger partial charge in [-0.25, -0.2) is 5.84 Å². The second-order valence-electron chi connectivity index (χ2n) is 3.65. The molecule has 0 unspecified atom stereocenters. The topological polar surface area (TPSA) is 68.0 Å². The van der Waals surface area contributed by atoms with E-state index < -0.39 is 5.41 Å². The molecule has 0 atom stereocenters. The molecular formula is C10H13N3O. The summed E-state index contributed by atoms with van der Waals surface area (Å²) >= 11 is 0. The molecule has 14 heavy (non-hydrogen) atoms. The van der Waals surface area contributed by atoms with Crippen LogP contribution < -0.4 is 11.3 Å². The Hall–Kier alpha value is -1.42. The highest BCUT2D eigenvalue weighted by Gasteiger charge is 2.45. The summed E-state index contributed by atoms with van der Waals surface area (Å²) in [6.45, 7) is 0. The molecule has 3 N–H and O–H groups in total. The van der Waals surface area contributed by atoms with Gasteiger partial charge in [-0.3, -0.25) is 15.2 Å². The number of rotatable bonds is 2. The highest BCUT2D eigenvalue weighted by atomic mass is 16.2. The normalized spacial score (nSPS) is 18.4. The maximum absolute atomic E-state index is 11.7. The zero-order valence-corrected chi connectivity index (χ0v) is 7.86. The van der Waals surface area contributed by atoms with Crippen molar-refractivity contribution in [2.24, 2.45) is 5.84 Å². The fourth-order valence-corrected chi connectivity index (χ4v) is 1.96. The quantitative estimate of drug-likeness (QED) is 0.406. The van der Waals surface area contributed by atoms with Crippen LogP contribution >= 0.6 is 0 Å². The van der Waals surface area contributed by atoms with Crippen LogP contribution in [0.15, 0.2) is 24.5 Å². The number of carbonyl (C=O) groups is 1. The minimum Gasteiger partial charge on any atom is -0.293 e. The number of nitrogens with two attached hydrogens (primary N) is 1. The summed E-state index contributed by atoms with van der Waals surface area (Å²) in [5.74, 6) is 5.08. The first-order valence-corrected chi connectivity index (χ1v) is 4.71. The van der Waals surface area contributed by atoms with Gasteiger partial charge < -0.3 is 0 Å². The van der Waals surface area contributed by atoms with Crippen molar-refractivity contribution in [3.8, 4) is 0 Å². The van der Waals surface area contributed by atoms with Crippen molar-refractivity contribution in [3.63, 3.8) is 0 Å². The number of hydrazine groups is 1. The maximum Gasteiger partial charge on any atom is 0.244 e. The van der Waals surface area contributed by atoms with Crippen LogP contribution in [-0.4, -0.2) is 10.9 Å². The molecule has 1 saturated carbocycles. The second kappa shape index (κ2) is 3.38. The van der Waals surface area contributed by atoms with E-state index in [4.69, 9.17) is 5.84 Å². The van der Waals surface area contributed by atoms with E-state index >= 15 is 0 Å². The molecule has 1 fully saturated rings. The van der Waals surface area contributed by atoms with Crippen molar-refractivity contribution in [1.82, 2.24) is 10.4 Å². The predicted molar refractivity (Wildman–Crippen MR) is 52.1 cm³/mol. The van der Waals surface area contributed by atoms with Gasteiger partial charge in [-0.1, -0.05) is 12.5 Å². The molecule has 4 nitrogen and oxygen atoms in total. The van der Waals surface area contributed by atoms with E-state index in [2.05, 4.69) is 10.4 Å². The lowest BCUT2D eigenvalue weighted by atomic mass is 9.64. The molecule has 0 aromatic carbocycles. The largest absolute Gasteiger partial charge is 0.293 e. The van der Waals surface area contributed by atoms with Crippen molar-refractivity contribution in [2.75, 3.05) is 0 Å². The molecule has 1 aromatic heterocycles. The van der Waals surface area contributed by atoms with Gasteiger partial charge in [0.2, 0.25) is 5.91 Å². The minimum absolute atomic E-state index is 0.100. The number of hydrogen-bond acceptors (Lipinski definition) is 3. The number of aromatic nitrogens is 1. The molecule has 0 radical (unpaired) electrons. The molecule has 74 valence electrons. The van der Waals surface area contributed by atoms with E-state index in [1.54, 1.807) is 12.4 Å². The van der Waals surface area contributed by atoms with Gasteiger partial charge in [0.1, 0.15) is 0 Å². The summed E-state index contributed by atoms with van der Waals surface area (Å²) in [7, 11) is 0. The highest BCUT2D eigenvalue weighted by molar-refractivity contribution is 5.88. The first-order chi connectivity index (χ1) is 6.79. The summed E-state index contributed by atoms with van der Waals surface area (Å²) < 4.78 is 0. The van der Waals surface area contributed by atoms with Gasteiger partial charge in [-0.2, -0.15) is 0 Å². The third-order valence-electron chi connectivity index (χ3n) is 2.99. The molecule has 0 saturated heterocycles. The van der Waals surface area contributed by atoms with Crippen LogP contribution in [0.4, 0.5) is 0 Å². The highest BCUT2D eigenvalue weighted by Crippen LogP contribution is 2.43. The summed E-state index contributed by atoms with van der Waals surface area (Å²) in [4.78, 5) is 15.7. The van der Waals surface area contributed by atoms with E-state index in [9.17, 15) is 4.79 Å². The SMILES string of the molecule is NNC(=O)C1(c2cccnc2)CCC1. The van der Waals surface area contributed by atoms with Crippen molar-refractivity contribution in [1.29, 1.82) is 0 Å². The summed E-state index contributed by atoms with van der Waals surface area (Å²) in [5, 5.41) is 0. The van der Waals surface area contributed by atoms with Crippen LogP contribution in [0.5, 0.6) is 0 Å². The van der Waals surface area contributed by atoms with E-state index in [1.165, 1.54) is 0 Å². The number of amides is 1. The van der Waals surface area contributed by atoms with Gasteiger partial charge in [0.15, 0.2) is 0 Å². The Bertz CT molecular complexity index is 332. The standard InChI is InChI=1S/C10H13N3O/c11-13-9(14)10(4-2-5-10)8-3-1-6-12-7-8/h1,3,6-7H,2,4-5,11H2,(H,13,14). The van der Waals surface area contributed by atoms with Crippen LogP contribution in [0, 0.1) is 0 Å². The molecule has 1 heterocycles. The lowest BCUT2D eigenvalue weighted by Crippen LogP contribution is -2.51.